The standard InChI is InChI=1S/C25H18N2/c1-3-11-19(12-4-1)27(20-13-5-2-6-14-20)26-25-23-17-9-7-15-21(23)22-16-8-10-18-24(22)25/h1-18H. The highest BCUT2D eigenvalue weighted by atomic mass is 15.5. The van der Waals surface area contributed by atoms with E-state index in [-0.39, 0.29) is 0 Å². The molecular formula is C25H18N2. The molecular weight excluding hydrogens is 328 g/mol. The van der Waals surface area contributed by atoms with Crippen molar-refractivity contribution in [1.82, 2.24) is 0 Å². The molecule has 4 aromatic carbocycles. The maximum atomic E-state index is 5.15. The molecule has 128 valence electrons. The van der Waals surface area contributed by atoms with Crippen LogP contribution in [0.3, 0.4) is 0 Å². The van der Waals surface area contributed by atoms with Gasteiger partial charge >= 0.3 is 0 Å². The first-order chi connectivity index (χ1) is 13.4. The van der Waals surface area contributed by atoms with Crippen LogP contribution < -0.4 is 5.01 Å². The van der Waals surface area contributed by atoms with Gasteiger partial charge in [0.2, 0.25) is 0 Å². The number of hydrazone groups is 1. The number of nitrogens with zero attached hydrogens (tertiary/aromatic N) is 2. The fourth-order valence-electron chi connectivity index (χ4n) is 3.60. The summed E-state index contributed by atoms with van der Waals surface area (Å²) in [5.74, 6) is 0. The molecule has 0 N–H and O–H groups in total. The van der Waals surface area contributed by atoms with Crippen LogP contribution in [0.2, 0.25) is 0 Å². The molecule has 0 heterocycles. The van der Waals surface area contributed by atoms with Gasteiger partial charge in [-0.1, -0.05) is 84.9 Å². The molecule has 0 radical (unpaired) electrons. The zero-order valence-electron chi connectivity index (χ0n) is 14.8. The van der Waals surface area contributed by atoms with E-state index < -0.39 is 0 Å². The smallest absolute Gasteiger partial charge is 0.0997 e. The topological polar surface area (TPSA) is 15.6 Å². The third-order valence-corrected chi connectivity index (χ3v) is 4.86. The highest BCUT2D eigenvalue weighted by molar-refractivity contribution is 6.24. The van der Waals surface area contributed by atoms with Crippen molar-refractivity contribution in [3.8, 4) is 11.1 Å². The molecule has 5 rings (SSSR count). The minimum atomic E-state index is 1.01. The number of benzene rings is 4. The number of hydrogen-bond acceptors (Lipinski definition) is 2. The second-order valence-electron chi connectivity index (χ2n) is 6.52. The summed E-state index contributed by atoms with van der Waals surface area (Å²) in [6.45, 7) is 0. The summed E-state index contributed by atoms with van der Waals surface area (Å²) in [5.41, 5.74) is 7.93. The van der Waals surface area contributed by atoms with Gasteiger partial charge in [0, 0.05) is 11.1 Å². The predicted octanol–water partition coefficient (Wildman–Crippen LogP) is 6.26. The van der Waals surface area contributed by atoms with Crippen molar-refractivity contribution < 1.29 is 0 Å². The third kappa shape index (κ3) is 2.72. The van der Waals surface area contributed by atoms with E-state index in [0.29, 0.717) is 0 Å². The quantitative estimate of drug-likeness (QED) is 0.352. The molecule has 2 nitrogen and oxygen atoms in total. The lowest BCUT2D eigenvalue weighted by Gasteiger charge is -2.20. The Kier molecular flexibility index (Phi) is 3.80. The minimum absolute atomic E-state index is 1.01. The van der Waals surface area contributed by atoms with E-state index in [4.69, 9.17) is 5.10 Å². The van der Waals surface area contributed by atoms with Crippen LogP contribution in [0.15, 0.2) is 114 Å². The number of hydrogen-bond donors (Lipinski definition) is 0. The predicted molar refractivity (Wildman–Crippen MR) is 113 cm³/mol. The molecule has 0 fully saturated rings. The Labute approximate surface area is 159 Å². The zero-order chi connectivity index (χ0) is 18.1. The van der Waals surface area contributed by atoms with Gasteiger partial charge in [-0.25, -0.2) is 5.01 Å². The van der Waals surface area contributed by atoms with E-state index in [1.165, 1.54) is 22.3 Å². The molecule has 0 spiro atoms. The Bertz CT molecular complexity index is 1030. The van der Waals surface area contributed by atoms with Gasteiger partial charge in [-0.05, 0) is 35.4 Å². The molecule has 0 aromatic heterocycles. The van der Waals surface area contributed by atoms with Crippen LogP contribution >= 0.6 is 0 Å². The SMILES string of the molecule is c1ccc(N(N=C2c3ccccc3-c3ccccc32)c2ccccc2)cc1. The molecule has 4 aromatic rings. The van der Waals surface area contributed by atoms with E-state index in [2.05, 4.69) is 72.8 Å². The van der Waals surface area contributed by atoms with Crippen molar-refractivity contribution in [2.75, 3.05) is 5.01 Å². The Morgan fingerprint density at radius 3 is 1.22 bits per heavy atom. The van der Waals surface area contributed by atoms with Crippen molar-refractivity contribution in [1.29, 1.82) is 0 Å². The molecule has 2 heteroatoms. The van der Waals surface area contributed by atoms with Crippen LogP contribution in [-0.4, -0.2) is 5.71 Å². The van der Waals surface area contributed by atoms with E-state index in [1.807, 2.05) is 41.4 Å². The van der Waals surface area contributed by atoms with E-state index >= 15 is 0 Å². The van der Waals surface area contributed by atoms with Crippen LogP contribution in [0.25, 0.3) is 11.1 Å². The Hall–Kier alpha value is -3.65. The summed E-state index contributed by atoms with van der Waals surface area (Å²) in [6.07, 6.45) is 0. The Balaban J connectivity index is 1.73. The number of anilines is 2. The largest absolute Gasteiger partial charge is 0.233 e. The number of fused-ring (bicyclic) bond motifs is 3. The molecule has 0 bridgehead atoms. The van der Waals surface area contributed by atoms with Crippen LogP contribution in [0.1, 0.15) is 11.1 Å². The van der Waals surface area contributed by atoms with Crippen LogP contribution in [0.5, 0.6) is 0 Å². The Morgan fingerprint density at radius 2 is 0.778 bits per heavy atom. The molecule has 0 saturated carbocycles. The van der Waals surface area contributed by atoms with Gasteiger partial charge in [-0.3, -0.25) is 0 Å². The summed E-state index contributed by atoms with van der Waals surface area (Å²) in [6, 6.07) is 37.6. The highest BCUT2D eigenvalue weighted by Crippen LogP contribution is 2.38. The van der Waals surface area contributed by atoms with Crippen LogP contribution in [0, 0.1) is 0 Å². The lowest BCUT2D eigenvalue weighted by molar-refractivity contribution is 1.08. The van der Waals surface area contributed by atoms with Crippen LogP contribution in [0.4, 0.5) is 11.4 Å². The van der Waals surface area contributed by atoms with E-state index in [9.17, 15) is 0 Å². The van der Waals surface area contributed by atoms with Crippen molar-refractivity contribution >= 4 is 17.1 Å². The summed E-state index contributed by atoms with van der Waals surface area (Å²) in [5, 5.41) is 7.17. The molecule has 0 aliphatic heterocycles. The molecule has 0 atom stereocenters. The maximum Gasteiger partial charge on any atom is 0.0997 e. The van der Waals surface area contributed by atoms with Gasteiger partial charge in [0.05, 0.1) is 17.1 Å². The molecule has 0 saturated heterocycles. The molecule has 1 aliphatic carbocycles. The summed E-state index contributed by atoms with van der Waals surface area (Å²) >= 11 is 0. The monoisotopic (exact) mass is 346 g/mol. The summed E-state index contributed by atoms with van der Waals surface area (Å²) < 4.78 is 0. The molecule has 0 amide bonds. The normalized spacial score (nSPS) is 11.6. The van der Waals surface area contributed by atoms with E-state index in [1.54, 1.807) is 0 Å². The number of rotatable bonds is 3. The number of para-hydroxylation sites is 2. The summed E-state index contributed by atoms with van der Waals surface area (Å²) in [4.78, 5) is 0. The van der Waals surface area contributed by atoms with Crippen molar-refractivity contribution in [3.63, 3.8) is 0 Å². The van der Waals surface area contributed by atoms with E-state index in [0.717, 1.165) is 17.1 Å². The van der Waals surface area contributed by atoms with Gasteiger partial charge in [0.25, 0.3) is 0 Å². The van der Waals surface area contributed by atoms with Crippen molar-refractivity contribution in [2.45, 2.75) is 0 Å². The fraction of sp³-hybridized carbons (Fsp3) is 0. The third-order valence-electron chi connectivity index (χ3n) is 4.86. The van der Waals surface area contributed by atoms with Crippen LogP contribution in [-0.2, 0) is 0 Å². The second-order valence-corrected chi connectivity index (χ2v) is 6.52. The first-order valence-corrected chi connectivity index (χ1v) is 9.10. The minimum Gasteiger partial charge on any atom is -0.233 e. The van der Waals surface area contributed by atoms with Gasteiger partial charge in [0.15, 0.2) is 0 Å². The van der Waals surface area contributed by atoms with Gasteiger partial charge in [0.1, 0.15) is 0 Å². The average Bonchev–Trinajstić information content (AvgIpc) is 3.07. The average molecular weight is 346 g/mol. The molecule has 27 heavy (non-hydrogen) atoms. The van der Waals surface area contributed by atoms with Gasteiger partial charge in [-0.15, -0.1) is 0 Å². The highest BCUT2D eigenvalue weighted by Gasteiger charge is 2.25. The van der Waals surface area contributed by atoms with Gasteiger partial charge < -0.3 is 0 Å². The van der Waals surface area contributed by atoms with Crippen molar-refractivity contribution in [3.05, 3.63) is 120 Å². The lowest BCUT2D eigenvalue weighted by Crippen LogP contribution is -2.13. The zero-order valence-corrected chi connectivity index (χ0v) is 14.8. The second kappa shape index (κ2) is 6.58. The maximum absolute atomic E-state index is 5.15. The van der Waals surface area contributed by atoms with Crippen molar-refractivity contribution in [2.24, 2.45) is 5.10 Å². The fourth-order valence-corrected chi connectivity index (χ4v) is 3.60. The first-order valence-electron chi connectivity index (χ1n) is 9.10. The first kappa shape index (κ1) is 15.6. The molecule has 1 aliphatic rings. The summed E-state index contributed by atoms with van der Waals surface area (Å²) in [7, 11) is 0. The lowest BCUT2D eigenvalue weighted by atomic mass is 10.1. The van der Waals surface area contributed by atoms with Gasteiger partial charge in [-0.2, -0.15) is 5.10 Å². The molecule has 0 unspecified atom stereocenters. The Morgan fingerprint density at radius 1 is 0.407 bits per heavy atom.